The zero-order valence-corrected chi connectivity index (χ0v) is 25.6. The number of hydrogen-bond donors (Lipinski definition) is 0. The minimum Gasteiger partial charge on any atom is -0.461 e. The lowest BCUT2D eigenvalue weighted by atomic mass is 9.77. The van der Waals surface area contributed by atoms with Gasteiger partial charge >= 0.3 is 11.9 Å². The van der Waals surface area contributed by atoms with Crippen molar-refractivity contribution in [3.05, 3.63) is 58.9 Å². The monoisotopic (exact) mass is 562 g/mol. The molecule has 2 aromatic carbocycles. The van der Waals surface area contributed by atoms with E-state index in [-0.39, 0.29) is 23.8 Å². The fraction of sp³-hybridized carbons (Fsp3) is 0.594. The lowest BCUT2D eigenvalue weighted by Crippen LogP contribution is -2.41. The molecular formula is C32H45F3O3Si. The highest BCUT2D eigenvalue weighted by Gasteiger charge is 2.47. The quantitative estimate of drug-likeness (QED) is 0.214. The maximum Gasteiger partial charge on any atom is 0.382 e. The Labute approximate surface area is 233 Å². The normalized spacial score (nSPS) is 18.7. The molecule has 0 radical (unpaired) electrons. The molecule has 0 bridgehead atoms. The molecule has 39 heavy (non-hydrogen) atoms. The fourth-order valence-corrected chi connectivity index (χ4v) is 6.18. The van der Waals surface area contributed by atoms with Crippen molar-refractivity contribution in [2.75, 3.05) is 6.61 Å². The Hall–Kier alpha value is -2.12. The van der Waals surface area contributed by atoms with Crippen molar-refractivity contribution < 1.29 is 27.1 Å². The van der Waals surface area contributed by atoms with E-state index in [4.69, 9.17) is 4.43 Å². The van der Waals surface area contributed by atoms with Gasteiger partial charge in [0.2, 0.25) is 0 Å². The lowest BCUT2D eigenvalue weighted by molar-refractivity contribution is -0.173. The summed E-state index contributed by atoms with van der Waals surface area (Å²) < 4.78 is 56.7. The van der Waals surface area contributed by atoms with Crippen LogP contribution in [0, 0.1) is 11.7 Å². The summed E-state index contributed by atoms with van der Waals surface area (Å²) in [6, 6.07) is 10.6. The number of carbonyl (C=O) groups is 1. The van der Waals surface area contributed by atoms with E-state index in [1.165, 1.54) is 57.1 Å². The molecule has 0 amide bonds. The second-order valence-corrected chi connectivity index (χ2v) is 17.3. The number of esters is 1. The average Bonchev–Trinajstić information content (AvgIpc) is 2.87. The van der Waals surface area contributed by atoms with Crippen LogP contribution in [0.3, 0.4) is 0 Å². The molecule has 0 heterocycles. The summed E-state index contributed by atoms with van der Waals surface area (Å²) in [4.78, 5) is 12.2. The molecule has 0 atom stereocenters. The van der Waals surface area contributed by atoms with E-state index in [9.17, 15) is 4.79 Å². The van der Waals surface area contributed by atoms with Crippen molar-refractivity contribution in [1.82, 2.24) is 0 Å². The van der Waals surface area contributed by atoms with Crippen LogP contribution in [0.25, 0.3) is 11.1 Å². The molecule has 1 fully saturated rings. The van der Waals surface area contributed by atoms with Crippen LogP contribution in [0.1, 0.15) is 95.8 Å². The number of halogens is 3. The van der Waals surface area contributed by atoms with Crippen molar-refractivity contribution >= 4 is 14.3 Å². The largest absolute Gasteiger partial charge is 0.461 e. The highest BCUT2D eigenvalue weighted by Crippen LogP contribution is 2.41. The SMILES string of the molecule is CCCC1CCC(c2ccc(-c3cc(F)c(C(F)(F)C(=O)OCC)c(CO[Si](C)(C)C(C)(C)C)c3)cc2)CC1. The van der Waals surface area contributed by atoms with Crippen LogP contribution in [0.4, 0.5) is 13.2 Å². The van der Waals surface area contributed by atoms with Crippen molar-refractivity contribution in [2.45, 2.75) is 110 Å². The molecule has 0 spiro atoms. The third-order valence-electron chi connectivity index (χ3n) is 8.67. The van der Waals surface area contributed by atoms with E-state index in [0.29, 0.717) is 11.5 Å². The molecule has 0 saturated heterocycles. The Kier molecular flexibility index (Phi) is 10.1. The highest BCUT2D eigenvalue weighted by atomic mass is 28.4. The molecular weight excluding hydrogens is 517 g/mol. The van der Waals surface area contributed by atoms with Gasteiger partial charge in [0.05, 0.1) is 18.8 Å². The molecule has 0 N–H and O–H groups in total. The van der Waals surface area contributed by atoms with E-state index in [2.05, 4.69) is 23.8 Å². The van der Waals surface area contributed by atoms with E-state index in [0.717, 1.165) is 17.5 Å². The molecule has 1 aliphatic rings. The maximum atomic E-state index is 15.5. The fourth-order valence-electron chi connectivity index (χ4n) is 5.23. The van der Waals surface area contributed by atoms with Gasteiger partial charge in [0.15, 0.2) is 8.32 Å². The van der Waals surface area contributed by atoms with Gasteiger partial charge in [-0.3, -0.25) is 0 Å². The van der Waals surface area contributed by atoms with Crippen LogP contribution < -0.4 is 0 Å². The summed E-state index contributed by atoms with van der Waals surface area (Å²) in [6.07, 6.45) is 7.37. The van der Waals surface area contributed by atoms with Crippen LogP contribution in [0.5, 0.6) is 0 Å². The topological polar surface area (TPSA) is 35.5 Å². The minimum absolute atomic E-state index is 0.0359. The molecule has 1 aliphatic carbocycles. The summed E-state index contributed by atoms with van der Waals surface area (Å²) >= 11 is 0. The van der Waals surface area contributed by atoms with Crippen LogP contribution in [-0.4, -0.2) is 20.9 Å². The van der Waals surface area contributed by atoms with Gasteiger partial charge < -0.3 is 9.16 Å². The summed E-state index contributed by atoms with van der Waals surface area (Å²) in [5.41, 5.74) is 1.47. The Morgan fingerprint density at radius 1 is 0.974 bits per heavy atom. The number of benzene rings is 2. The molecule has 0 aromatic heterocycles. The number of hydrogen-bond acceptors (Lipinski definition) is 3. The summed E-state index contributed by atoms with van der Waals surface area (Å²) in [6.45, 7) is 13.4. The molecule has 2 aromatic rings. The van der Waals surface area contributed by atoms with Crippen molar-refractivity contribution in [3.8, 4) is 11.1 Å². The van der Waals surface area contributed by atoms with Gasteiger partial charge in [-0.15, -0.1) is 0 Å². The van der Waals surface area contributed by atoms with E-state index in [1.807, 2.05) is 46.0 Å². The summed E-state index contributed by atoms with van der Waals surface area (Å²) in [7, 11) is -2.35. The standard InChI is InChI=1S/C32H45F3O3Si/c1-8-10-22-11-13-23(14-12-22)24-15-17-25(18-16-24)26-19-27(21-38-39(6,7)31(3,4)5)29(28(33)20-26)32(34,35)30(36)37-9-2/h15-20,22-23H,8-14,21H2,1-7H3. The van der Waals surface area contributed by atoms with Gasteiger partial charge in [0, 0.05) is 0 Å². The van der Waals surface area contributed by atoms with Crippen LogP contribution in [-0.2, 0) is 26.5 Å². The number of alkyl halides is 2. The van der Waals surface area contributed by atoms with Crippen molar-refractivity contribution in [3.63, 3.8) is 0 Å². The van der Waals surface area contributed by atoms with Gasteiger partial charge in [0.25, 0.3) is 0 Å². The van der Waals surface area contributed by atoms with Gasteiger partial charge in [-0.25, -0.2) is 9.18 Å². The van der Waals surface area contributed by atoms with Gasteiger partial charge in [0.1, 0.15) is 5.82 Å². The average molecular weight is 563 g/mol. The molecule has 1 saturated carbocycles. The van der Waals surface area contributed by atoms with Gasteiger partial charge in [-0.05, 0) is 97.0 Å². The predicted molar refractivity (Wildman–Crippen MR) is 154 cm³/mol. The number of rotatable bonds is 10. The Morgan fingerprint density at radius 2 is 1.59 bits per heavy atom. The van der Waals surface area contributed by atoms with Crippen LogP contribution in [0.2, 0.25) is 18.1 Å². The smallest absolute Gasteiger partial charge is 0.382 e. The maximum absolute atomic E-state index is 15.5. The first kappa shape index (κ1) is 31.4. The molecule has 216 valence electrons. The Balaban J connectivity index is 1.94. The first-order valence-electron chi connectivity index (χ1n) is 14.3. The second-order valence-electron chi connectivity index (χ2n) is 12.5. The van der Waals surface area contributed by atoms with E-state index < -0.39 is 31.6 Å². The molecule has 3 nitrogen and oxygen atoms in total. The molecule has 7 heteroatoms. The zero-order chi connectivity index (χ0) is 29.0. The Bertz CT molecular complexity index is 1110. The molecule has 0 unspecified atom stereocenters. The molecule has 0 aliphatic heterocycles. The van der Waals surface area contributed by atoms with Crippen molar-refractivity contribution in [1.29, 1.82) is 0 Å². The van der Waals surface area contributed by atoms with Gasteiger partial charge in [-0.1, -0.05) is 64.8 Å². The third-order valence-corrected chi connectivity index (χ3v) is 13.1. The van der Waals surface area contributed by atoms with E-state index in [1.54, 1.807) is 0 Å². The predicted octanol–water partition coefficient (Wildman–Crippen LogP) is 9.74. The lowest BCUT2D eigenvalue weighted by Gasteiger charge is -2.36. The summed E-state index contributed by atoms with van der Waals surface area (Å²) in [5.74, 6) is -5.69. The number of ether oxygens (including phenoxy) is 1. The second kappa shape index (κ2) is 12.6. The third kappa shape index (κ3) is 7.34. The van der Waals surface area contributed by atoms with Crippen molar-refractivity contribution in [2.24, 2.45) is 5.92 Å². The van der Waals surface area contributed by atoms with Gasteiger partial charge in [-0.2, -0.15) is 8.78 Å². The number of carbonyl (C=O) groups excluding carboxylic acids is 1. The Morgan fingerprint density at radius 3 is 2.13 bits per heavy atom. The molecule has 3 rings (SSSR count). The van der Waals surface area contributed by atoms with Crippen LogP contribution in [0.15, 0.2) is 36.4 Å². The zero-order valence-electron chi connectivity index (χ0n) is 24.6. The minimum atomic E-state index is -4.13. The first-order valence-corrected chi connectivity index (χ1v) is 17.2. The van der Waals surface area contributed by atoms with E-state index >= 15 is 13.2 Å². The highest BCUT2D eigenvalue weighted by molar-refractivity contribution is 6.74. The first-order chi connectivity index (χ1) is 18.2. The summed E-state index contributed by atoms with van der Waals surface area (Å²) in [5, 5.41) is -0.168. The van der Waals surface area contributed by atoms with Crippen LogP contribution >= 0.6 is 0 Å².